The number of nitrogens with zero attached hydrogens (tertiary/aromatic N) is 3. The van der Waals surface area contributed by atoms with Crippen LogP contribution in [0.25, 0.3) is 5.65 Å². The number of hydrogen-bond donors (Lipinski definition) is 2. The first kappa shape index (κ1) is 19.5. The fourth-order valence-corrected chi connectivity index (χ4v) is 3.14. The highest BCUT2D eigenvalue weighted by Crippen LogP contribution is 2.30. The number of carbonyl (C=O) groups is 1. The molecule has 0 radical (unpaired) electrons. The summed E-state index contributed by atoms with van der Waals surface area (Å²) in [5.74, 6) is -0.113. The topological polar surface area (TPSA) is 79.5 Å². The SMILES string of the molecule is CC(C)[C@H](C)Nc1c(Cc2cccc(Cl)c2)c(Cl)nc2c(C(=O)O)cnn12. The van der Waals surface area contributed by atoms with Gasteiger partial charge in [-0.15, -0.1) is 0 Å². The molecule has 0 spiro atoms. The Morgan fingerprint density at radius 3 is 2.67 bits per heavy atom. The standard InChI is InChI=1S/C19H20Cl2N4O2/c1-10(2)11(3)23-17-14(8-12-5-4-6-13(20)7-12)16(21)24-18-15(19(26)27)9-22-25(17)18/h4-7,9-11,23H,8H2,1-3H3,(H,26,27)/t11-/m0/s1. The van der Waals surface area contributed by atoms with Crippen LogP contribution in [0, 0.1) is 5.92 Å². The van der Waals surface area contributed by atoms with Crippen LogP contribution >= 0.6 is 23.2 Å². The summed E-state index contributed by atoms with van der Waals surface area (Å²) in [4.78, 5) is 15.8. The Morgan fingerprint density at radius 1 is 1.30 bits per heavy atom. The van der Waals surface area contributed by atoms with Crippen molar-refractivity contribution in [1.29, 1.82) is 0 Å². The largest absolute Gasteiger partial charge is 0.477 e. The van der Waals surface area contributed by atoms with Gasteiger partial charge in [-0.2, -0.15) is 9.61 Å². The third kappa shape index (κ3) is 4.01. The third-order valence-corrected chi connectivity index (χ3v) is 5.11. The van der Waals surface area contributed by atoms with E-state index in [-0.39, 0.29) is 22.4 Å². The van der Waals surface area contributed by atoms with Crippen LogP contribution in [0.2, 0.25) is 10.2 Å². The molecule has 27 heavy (non-hydrogen) atoms. The predicted octanol–water partition coefficient (Wildman–Crippen LogP) is 4.78. The number of rotatable bonds is 6. The van der Waals surface area contributed by atoms with Gasteiger partial charge in [-0.25, -0.2) is 9.78 Å². The van der Waals surface area contributed by atoms with Crippen molar-refractivity contribution in [3.8, 4) is 0 Å². The number of fused-ring (bicyclic) bond motifs is 1. The van der Waals surface area contributed by atoms with E-state index in [0.29, 0.717) is 23.2 Å². The summed E-state index contributed by atoms with van der Waals surface area (Å²) in [5, 5.41) is 17.9. The van der Waals surface area contributed by atoms with E-state index in [4.69, 9.17) is 23.2 Å². The fraction of sp³-hybridized carbons (Fsp3) is 0.316. The minimum atomic E-state index is -1.10. The summed E-state index contributed by atoms with van der Waals surface area (Å²) in [6.45, 7) is 6.25. The second kappa shape index (κ2) is 7.74. The molecule has 6 nitrogen and oxygen atoms in total. The molecule has 0 unspecified atom stereocenters. The lowest BCUT2D eigenvalue weighted by atomic mass is 10.0. The number of halogens is 2. The normalized spacial score (nSPS) is 12.5. The van der Waals surface area contributed by atoms with Crippen molar-refractivity contribution in [3.63, 3.8) is 0 Å². The fourth-order valence-electron chi connectivity index (χ4n) is 2.69. The molecule has 0 aliphatic carbocycles. The van der Waals surface area contributed by atoms with Gasteiger partial charge in [-0.1, -0.05) is 49.2 Å². The number of carboxylic acids is 1. The molecule has 0 saturated carbocycles. The average molecular weight is 407 g/mol. The van der Waals surface area contributed by atoms with E-state index in [0.717, 1.165) is 11.1 Å². The van der Waals surface area contributed by atoms with Crippen molar-refractivity contribution in [3.05, 3.63) is 57.3 Å². The van der Waals surface area contributed by atoms with Crippen molar-refractivity contribution in [1.82, 2.24) is 14.6 Å². The minimum absolute atomic E-state index is 0.00598. The molecule has 2 heterocycles. The van der Waals surface area contributed by atoms with E-state index in [9.17, 15) is 9.90 Å². The van der Waals surface area contributed by atoms with Gasteiger partial charge in [-0.05, 0) is 30.5 Å². The van der Waals surface area contributed by atoms with Gasteiger partial charge in [0.2, 0.25) is 0 Å². The Morgan fingerprint density at radius 2 is 2.04 bits per heavy atom. The van der Waals surface area contributed by atoms with Gasteiger partial charge in [0.1, 0.15) is 16.5 Å². The molecule has 1 aromatic carbocycles. The summed E-state index contributed by atoms with van der Waals surface area (Å²) in [6, 6.07) is 7.61. The zero-order valence-electron chi connectivity index (χ0n) is 15.2. The van der Waals surface area contributed by atoms with Gasteiger partial charge >= 0.3 is 5.97 Å². The lowest BCUT2D eigenvalue weighted by Crippen LogP contribution is -2.24. The number of aromatic nitrogens is 3. The van der Waals surface area contributed by atoms with Gasteiger partial charge in [0.25, 0.3) is 0 Å². The third-order valence-electron chi connectivity index (χ3n) is 4.56. The monoisotopic (exact) mass is 406 g/mol. The van der Waals surface area contributed by atoms with Gasteiger partial charge in [0, 0.05) is 23.0 Å². The first-order valence-electron chi connectivity index (χ1n) is 8.58. The number of benzene rings is 1. The molecule has 3 aromatic rings. The Kier molecular flexibility index (Phi) is 5.58. The minimum Gasteiger partial charge on any atom is -0.477 e. The Labute approximate surface area is 167 Å². The molecule has 0 bridgehead atoms. The van der Waals surface area contributed by atoms with E-state index in [1.165, 1.54) is 10.7 Å². The predicted molar refractivity (Wildman–Crippen MR) is 107 cm³/mol. The number of carboxylic acid groups (broad SMARTS) is 1. The van der Waals surface area contributed by atoms with Crippen molar-refractivity contribution in [2.45, 2.75) is 33.2 Å². The van der Waals surface area contributed by atoms with Crippen LogP contribution in [0.4, 0.5) is 5.82 Å². The highest BCUT2D eigenvalue weighted by Gasteiger charge is 2.22. The Balaban J connectivity index is 2.18. The number of nitrogens with one attached hydrogen (secondary N) is 1. The van der Waals surface area contributed by atoms with Crippen LogP contribution in [0.15, 0.2) is 30.5 Å². The Hall–Kier alpha value is -2.31. The van der Waals surface area contributed by atoms with Gasteiger partial charge in [-0.3, -0.25) is 0 Å². The number of hydrogen-bond acceptors (Lipinski definition) is 4. The molecule has 1 atom stereocenters. The molecule has 3 rings (SSSR count). The van der Waals surface area contributed by atoms with Gasteiger partial charge < -0.3 is 10.4 Å². The zero-order chi connectivity index (χ0) is 19.7. The van der Waals surface area contributed by atoms with Gasteiger partial charge in [0.15, 0.2) is 5.65 Å². The summed E-state index contributed by atoms with van der Waals surface area (Å²) >= 11 is 12.6. The number of aromatic carboxylic acids is 1. The van der Waals surface area contributed by atoms with E-state index in [2.05, 4.69) is 36.2 Å². The van der Waals surface area contributed by atoms with Crippen LogP contribution in [0.5, 0.6) is 0 Å². The number of anilines is 1. The second-order valence-corrected chi connectivity index (χ2v) is 7.61. The quantitative estimate of drug-likeness (QED) is 0.575. The van der Waals surface area contributed by atoms with Crippen molar-refractivity contribution in [2.24, 2.45) is 5.92 Å². The lowest BCUT2D eigenvalue weighted by Gasteiger charge is -2.22. The maximum Gasteiger partial charge on any atom is 0.341 e. The molecule has 2 aromatic heterocycles. The summed E-state index contributed by atoms with van der Waals surface area (Å²) in [6.07, 6.45) is 1.77. The van der Waals surface area contributed by atoms with Gasteiger partial charge in [0.05, 0.1) is 6.20 Å². The highest BCUT2D eigenvalue weighted by atomic mass is 35.5. The molecule has 8 heteroatoms. The van der Waals surface area contributed by atoms with Crippen LogP contribution < -0.4 is 5.32 Å². The highest BCUT2D eigenvalue weighted by molar-refractivity contribution is 6.31. The summed E-state index contributed by atoms with van der Waals surface area (Å²) < 4.78 is 1.51. The van der Waals surface area contributed by atoms with E-state index < -0.39 is 5.97 Å². The molecule has 0 aliphatic heterocycles. The van der Waals surface area contributed by atoms with Crippen LogP contribution in [0.1, 0.15) is 42.3 Å². The lowest BCUT2D eigenvalue weighted by molar-refractivity contribution is 0.0699. The molecule has 0 fully saturated rings. The van der Waals surface area contributed by atoms with Crippen LogP contribution in [0.3, 0.4) is 0 Å². The maximum atomic E-state index is 11.5. The van der Waals surface area contributed by atoms with Crippen molar-refractivity contribution in [2.75, 3.05) is 5.32 Å². The zero-order valence-corrected chi connectivity index (χ0v) is 16.7. The smallest absolute Gasteiger partial charge is 0.341 e. The first-order chi connectivity index (χ1) is 12.8. The van der Waals surface area contributed by atoms with Crippen molar-refractivity contribution < 1.29 is 9.90 Å². The molecule has 2 N–H and O–H groups in total. The van der Waals surface area contributed by atoms with Crippen LogP contribution in [-0.4, -0.2) is 31.7 Å². The molecular formula is C19H20Cl2N4O2. The molecule has 0 aliphatic rings. The Bertz CT molecular complexity index is 1000. The molecular weight excluding hydrogens is 387 g/mol. The van der Waals surface area contributed by atoms with Crippen molar-refractivity contribution >= 4 is 40.6 Å². The van der Waals surface area contributed by atoms with E-state index >= 15 is 0 Å². The second-order valence-electron chi connectivity index (χ2n) is 6.81. The summed E-state index contributed by atoms with van der Waals surface area (Å²) in [7, 11) is 0. The molecule has 0 amide bonds. The van der Waals surface area contributed by atoms with Crippen LogP contribution in [-0.2, 0) is 6.42 Å². The molecule has 0 saturated heterocycles. The molecule has 142 valence electrons. The average Bonchev–Trinajstić information content (AvgIpc) is 3.01. The van der Waals surface area contributed by atoms with E-state index in [1.807, 2.05) is 18.2 Å². The first-order valence-corrected chi connectivity index (χ1v) is 9.34. The maximum absolute atomic E-state index is 11.5. The van der Waals surface area contributed by atoms with E-state index in [1.54, 1.807) is 6.07 Å². The summed E-state index contributed by atoms with van der Waals surface area (Å²) in [5.41, 5.74) is 1.92.